The molecule has 0 aliphatic heterocycles. The van der Waals surface area contributed by atoms with Crippen LogP contribution in [0.2, 0.25) is 0 Å². The summed E-state index contributed by atoms with van der Waals surface area (Å²) in [5, 5.41) is 0. The Bertz CT molecular complexity index is 467. The molecule has 0 spiro atoms. The van der Waals surface area contributed by atoms with Crippen molar-refractivity contribution in [1.82, 2.24) is 0 Å². The van der Waals surface area contributed by atoms with Crippen molar-refractivity contribution in [3.63, 3.8) is 0 Å². The summed E-state index contributed by atoms with van der Waals surface area (Å²) in [6, 6.07) is 0. The summed E-state index contributed by atoms with van der Waals surface area (Å²) in [5.74, 6) is -5.63. The standard InChI is InChI=1S/C14H20O8/c1-13(11(17)21-5)7(9(15)19-3)8(10(16)20-4)14(13,2)12(18)22-6/h7-8H,1-6H3/t7-,8+,13?,14?. The first-order valence-electron chi connectivity index (χ1n) is 6.50. The summed E-state index contributed by atoms with van der Waals surface area (Å²) in [5.41, 5.74) is -3.22. The summed E-state index contributed by atoms with van der Waals surface area (Å²) in [6.45, 7) is 2.74. The maximum absolute atomic E-state index is 12.2. The average molecular weight is 316 g/mol. The lowest BCUT2D eigenvalue weighted by molar-refractivity contribution is -0.237. The monoisotopic (exact) mass is 316 g/mol. The van der Waals surface area contributed by atoms with E-state index in [4.69, 9.17) is 9.47 Å². The number of carbonyl (C=O) groups excluding carboxylic acids is 4. The number of esters is 4. The highest BCUT2D eigenvalue weighted by atomic mass is 16.5. The molecule has 1 saturated carbocycles. The maximum Gasteiger partial charge on any atom is 0.313 e. The molecule has 1 rings (SSSR count). The quantitative estimate of drug-likeness (QED) is 0.524. The molecule has 8 nitrogen and oxygen atoms in total. The van der Waals surface area contributed by atoms with E-state index >= 15 is 0 Å². The van der Waals surface area contributed by atoms with Gasteiger partial charge in [0.15, 0.2) is 0 Å². The molecular formula is C14H20O8. The molecule has 1 aliphatic carbocycles. The molecule has 124 valence electrons. The van der Waals surface area contributed by atoms with Gasteiger partial charge in [-0.25, -0.2) is 0 Å². The van der Waals surface area contributed by atoms with Gasteiger partial charge in [0.1, 0.15) is 0 Å². The zero-order valence-corrected chi connectivity index (χ0v) is 13.4. The van der Waals surface area contributed by atoms with Crippen molar-refractivity contribution in [3.05, 3.63) is 0 Å². The Kier molecular flexibility index (Phi) is 4.84. The number of methoxy groups -OCH3 is 4. The molecule has 0 bridgehead atoms. The highest BCUT2D eigenvalue weighted by Crippen LogP contribution is 2.66. The van der Waals surface area contributed by atoms with E-state index in [1.165, 1.54) is 13.8 Å². The fraction of sp³-hybridized carbons (Fsp3) is 0.714. The van der Waals surface area contributed by atoms with Gasteiger partial charge in [0, 0.05) is 0 Å². The highest BCUT2D eigenvalue weighted by molar-refractivity contribution is 6.02. The van der Waals surface area contributed by atoms with E-state index in [9.17, 15) is 19.2 Å². The van der Waals surface area contributed by atoms with Gasteiger partial charge in [0.25, 0.3) is 0 Å². The van der Waals surface area contributed by atoms with E-state index in [1.807, 2.05) is 0 Å². The predicted molar refractivity (Wildman–Crippen MR) is 71.3 cm³/mol. The fourth-order valence-corrected chi connectivity index (χ4v) is 3.32. The van der Waals surface area contributed by atoms with Crippen molar-refractivity contribution in [2.75, 3.05) is 28.4 Å². The van der Waals surface area contributed by atoms with Crippen LogP contribution in [0.3, 0.4) is 0 Å². The van der Waals surface area contributed by atoms with Gasteiger partial charge < -0.3 is 18.9 Å². The second-order valence-corrected chi connectivity index (χ2v) is 5.39. The van der Waals surface area contributed by atoms with Crippen molar-refractivity contribution in [2.24, 2.45) is 22.7 Å². The molecule has 0 aromatic rings. The molecule has 0 heterocycles. The van der Waals surface area contributed by atoms with Crippen LogP contribution in [-0.4, -0.2) is 52.3 Å². The summed E-state index contributed by atoms with van der Waals surface area (Å²) in [7, 11) is 4.51. The van der Waals surface area contributed by atoms with Gasteiger partial charge in [-0.2, -0.15) is 0 Å². The van der Waals surface area contributed by atoms with Crippen molar-refractivity contribution in [3.8, 4) is 0 Å². The predicted octanol–water partition coefficient (Wildman–Crippen LogP) is -0.0630. The molecule has 2 unspecified atom stereocenters. The van der Waals surface area contributed by atoms with E-state index in [-0.39, 0.29) is 0 Å². The molecule has 0 amide bonds. The smallest absolute Gasteiger partial charge is 0.313 e. The molecule has 0 aromatic heterocycles. The van der Waals surface area contributed by atoms with E-state index in [1.54, 1.807) is 0 Å². The topological polar surface area (TPSA) is 105 Å². The van der Waals surface area contributed by atoms with Crippen LogP contribution in [0, 0.1) is 22.7 Å². The lowest BCUT2D eigenvalue weighted by atomic mass is 9.39. The molecule has 4 atom stereocenters. The summed E-state index contributed by atoms with van der Waals surface area (Å²) < 4.78 is 18.8. The van der Waals surface area contributed by atoms with Crippen LogP contribution >= 0.6 is 0 Å². The normalized spacial score (nSPS) is 33.2. The highest BCUT2D eigenvalue weighted by Gasteiger charge is 2.80. The van der Waals surface area contributed by atoms with Crippen molar-refractivity contribution in [2.45, 2.75) is 13.8 Å². The molecular weight excluding hydrogens is 296 g/mol. The zero-order chi connectivity index (χ0) is 17.3. The molecule has 0 aromatic carbocycles. The van der Waals surface area contributed by atoms with E-state index < -0.39 is 46.5 Å². The van der Waals surface area contributed by atoms with Crippen LogP contribution in [-0.2, 0) is 38.1 Å². The Labute approximate surface area is 128 Å². The van der Waals surface area contributed by atoms with Crippen LogP contribution in [0.5, 0.6) is 0 Å². The Morgan fingerprint density at radius 2 is 0.909 bits per heavy atom. The molecule has 1 aliphatic rings. The summed E-state index contributed by atoms with van der Waals surface area (Å²) in [6.07, 6.45) is 0. The number of ether oxygens (including phenoxy) is 4. The van der Waals surface area contributed by atoms with E-state index in [2.05, 4.69) is 9.47 Å². The van der Waals surface area contributed by atoms with Gasteiger partial charge in [-0.05, 0) is 13.8 Å². The second-order valence-electron chi connectivity index (χ2n) is 5.39. The Hall–Kier alpha value is -2.12. The zero-order valence-electron chi connectivity index (χ0n) is 13.4. The molecule has 0 radical (unpaired) electrons. The summed E-state index contributed by atoms with van der Waals surface area (Å²) >= 11 is 0. The van der Waals surface area contributed by atoms with Gasteiger partial charge >= 0.3 is 23.9 Å². The van der Waals surface area contributed by atoms with Crippen molar-refractivity contribution >= 4 is 23.9 Å². The van der Waals surface area contributed by atoms with Crippen molar-refractivity contribution in [1.29, 1.82) is 0 Å². The molecule has 22 heavy (non-hydrogen) atoms. The van der Waals surface area contributed by atoms with Gasteiger partial charge in [0.2, 0.25) is 0 Å². The minimum atomic E-state index is -1.61. The SMILES string of the molecule is COC(=O)[C@@H]1[C@H](C(=O)OC)C(C)(C(=O)OC)C1(C)C(=O)OC. The molecule has 0 saturated heterocycles. The number of rotatable bonds is 4. The third-order valence-corrected chi connectivity index (χ3v) is 4.79. The second kappa shape index (κ2) is 5.94. The maximum atomic E-state index is 12.2. The first-order chi connectivity index (χ1) is 10.2. The van der Waals surface area contributed by atoms with Crippen LogP contribution in [0.4, 0.5) is 0 Å². The fourth-order valence-electron chi connectivity index (χ4n) is 3.32. The van der Waals surface area contributed by atoms with Crippen LogP contribution < -0.4 is 0 Å². The third kappa shape index (κ3) is 1.97. The first kappa shape index (κ1) is 17.9. The minimum absolute atomic E-state index is 0.801. The van der Waals surface area contributed by atoms with Crippen LogP contribution in [0.15, 0.2) is 0 Å². The largest absolute Gasteiger partial charge is 0.469 e. The molecule has 0 N–H and O–H groups in total. The van der Waals surface area contributed by atoms with Gasteiger partial charge in [-0.15, -0.1) is 0 Å². The van der Waals surface area contributed by atoms with Gasteiger partial charge in [0.05, 0.1) is 51.1 Å². The first-order valence-corrected chi connectivity index (χ1v) is 6.50. The number of carbonyl (C=O) groups is 4. The van der Waals surface area contributed by atoms with Crippen LogP contribution in [0.25, 0.3) is 0 Å². The van der Waals surface area contributed by atoms with Gasteiger partial charge in [-0.1, -0.05) is 0 Å². The Morgan fingerprint density at radius 1 is 0.636 bits per heavy atom. The van der Waals surface area contributed by atoms with E-state index in [0.29, 0.717) is 0 Å². The van der Waals surface area contributed by atoms with Crippen LogP contribution in [0.1, 0.15) is 13.8 Å². The lowest BCUT2D eigenvalue weighted by Crippen LogP contribution is -2.73. The lowest BCUT2D eigenvalue weighted by Gasteiger charge is -2.59. The summed E-state index contributed by atoms with van der Waals surface area (Å²) in [4.78, 5) is 48.6. The molecule has 8 heteroatoms. The number of hydrogen-bond donors (Lipinski definition) is 0. The average Bonchev–Trinajstić information content (AvgIpc) is 2.54. The van der Waals surface area contributed by atoms with Gasteiger partial charge in [-0.3, -0.25) is 19.2 Å². The third-order valence-electron chi connectivity index (χ3n) is 4.79. The number of hydrogen-bond acceptors (Lipinski definition) is 8. The minimum Gasteiger partial charge on any atom is -0.469 e. The molecule has 1 fully saturated rings. The Balaban J connectivity index is 3.54. The van der Waals surface area contributed by atoms with E-state index in [0.717, 1.165) is 28.4 Å². The van der Waals surface area contributed by atoms with Crippen molar-refractivity contribution < 1.29 is 38.1 Å². The Morgan fingerprint density at radius 3 is 1.09 bits per heavy atom.